The third-order valence-electron chi connectivity index (χ3n) is 4.57. The van der Waals surface area contributed by atoms with Crippen molar-refractivity contribution in [2.24, 2.45) is 0 Å². The molecule has 1 aliphatic heterocycles. The minimum Gasteiger partial charge on any atom is -0.497 e. The molecular formula is C20H24BrClN2O4. The molecule has 0 aromatic heterocycles. The maximum atomic E-state index is 12.6. The van der Waals surface area contributed by atoms with Gasteiger partial charge in [0.1, 0.15) is 17.2 Å². The normalized spacial score (nSPS) is 15.9. The molecule has 28 heavy (non-hydrogen) atoms. The number of hydrogen-bond acceptors (Lipinski definition) is 4. The van der Waals surface area contributed by atoms with Gasteiger partial charge in [-0.3, -0.25) is 0 Å². The predicted molar refractivity (Wildman–Crippen MR) is 114 cm³/mol. The van der Waals surface area contributed by atoms with Crippen molar-refractivity contribution in [2.75, 3.05) is 20.8 Å². The van der Waals surface area contributed by atoms with E-state index in [1.54, 1.807) is 14.2 Å². The van der Waals surface area contributed by atoms with E-state index in [0.29, 0.717) is 24.5 Å². The van der Waals surface area contributed by atoms with Crippen LogP contribution in [-0.2, 0) is 0 Å². The number of benzene rings is 2. The number of rotatable bonds is 5. The van der Waals surface area contributed by atoms with E-state index in [1.807, 2.05) is 43.3 Å². The largest absolute Gasteiger partial charge is 0.497 e. The van der Waals surface area contributed by atoms with Gasteiger partial charge in [0.05, 0.1) is 32.9 Å². The number of ether oxygens (including phenoxy) is 3. The number of hydrogen-bond donors (Lipinski definition) is 2. The molecule has 2 unspecified atom stereocenters. The van der Waals surface area contributed by atoms with E-state index in [-0.39, 0.29) is 30.5 Å². The smallest absolute Gasteiger partial charge is 0.315 e. The molecule has 2 amide bonds. The Kier molecular flexibility index (Phi) is 7.83. The van der Waals surface area contributed by atoms with Crippen molar-refractivity contribution >= 4 is 34.4 Å². The summed E-state index contributed by atoms with van der Waals surface area (Å²) in [5.41, 5.74) is 1.82. The second kappa shape index (κ2) is 9.89. The van der Waals surface area contributed by atoms with Crippen LogP contribution in [0.2, 0.25) is 0 Å². The highest BCUT2D eigenvalue weighted by Gasteiger charge is 2.24. The Morgan fingerprint density at radius 3 is 2.71 bits per heavy atom. The predicted octanol–water partition coefficient (Wildman–Crippen LogP) is 4.77. The lowest BCUT2D eigenvalue weighted by Crippen LogP contribution is -2.40. The summed E-state index contributed by atoms with van der Waals surface area (Å²) in [5, 5.41) is 6.02. The van der Waals surface area contributed by atoms with Crippen LogP contribution in [0, 0.1) is 0 Å². The van der Waals surface area contributed by atoms with Gasteiger partial charge in [-0.05, 0) is 43.3 Å². The van der Waals surface area contributed by atoms with Gasteiger partial charge in [-0.1, -0.05) is 15.9 Å². The van der Waals surface area contributed by atoms with Gasteiger partial charge < -0.3 is 24.8 Å². The van der Waals surface area contributed by atoms with E-state index < -0.39 is 0 Å². The first-order valence-electron chi connectivity index (χ1n) is 8.73. The number of carbonyl (C=O) groups is 1. The second-order valence-corrected chi connectivity index (χ2v) is 7.23. The maximum Gasteiger partial charge on any atom is 0.315 e. The Morgan fingerprint density at radius 2 is 2.00 bits per heavy atom. The van der Waals surface area contributed by atoms with Crippen molar-refractivity contribution in [3.05, 3.63) is 52.0 Å². The third-order valence-corrected chi connectivity index (χ3v) is 5.06. The summed E-state index contributed by atoms with van der Waals surface area (Å²) in [6.07, 6.45) is 0.716. The number of urea groups is 1. The summed E-state index contributed by atoms with van der Waals surface area (Å²) < 4.78 is 17.3. The standard InChI is InChI=1S/C20H23BrN2O4.ClH/c1-12(15-11-14(25-2)5-7-18(15)26-3)22-20(24)23-17-8-9-27-19-6-4-13(21)10-16(17)19;/h4-7,10-12,17H,8-9H2,1-3H3,(H2,22,23,24);1H. The van der Waals surface area contributed by atoms with Crippen LogP contribution in [0.5, 0.6) is 17.2 Å². The zero-order valence-corrected chi connectivity index (χ0v) is 18.4. The molecule has 1 aliphatic rings. The van der Waals surface area contributed by atoms with E-state index in [1.165, 1.54) is 0 Å². The Balaban J connectivity index is 0.00000280. The molecule has 0 fully saturated rings. The molecule has 2 aromatic carbocycles. The lowest BCUT2D eigenvalue weighted by atomic mass is 10.0. The van der Waals surface area contributed by atoms with Crippen LogP contribution in [-0.4, -0.2) is 26.9 Å². The Morgan fingerprint density at radius 1 is 1.21 bits per heavy atom. The van der Waals surface area contributed by atoms with Gasteiger partial charge in [0.25, 0.3) is 0 Å². The molecule has 6 nitrogen and oxygen atoms in total. The van der Waals surface area contributed by atoms with Gasteiger partial charge >= 0.3 is 6.03 Å². The Labute approximate surface area is 179 Å². The van der Waals surface area contributed by atoms with Crippen LogP contribution in [0.4, 0.5) is 4.79 Å². The SMILES string of the molecule is COc1ccc(OC)c(C(C)NC(=O)NC2CCOc3ccc(Br)cc32)c1.Cl. The Bertz CT molecular complexity index is 834. The fraction of sp³-hybridized carbons (Fsp3) is 0.350. The summed E-state index contributed by atoms with van der Waals surface area (Å²) in [5.74, 6) is 2.21. The first-order chi connectivity index (χ1) is 13.0. The van der Waals surface area contributed by atoms with Gasteiger partial charge in [0, 0.05) is 22.0 Å². The van der Waals surface area contributed by atoms with Crippen molar-refractivity contribution in [1.82, 2.24) is 10.6 Å². The number of carbonyl (C=O) groups excluding carboxylic acids is 1. The van der Waals surface area contributed by atoms with Crippen LogP contribution in [0.1, 0.15) is 36.6 Å². The van der Waals surface area contributed by atoms with Crippen LogP contribution >= 0.6 is 28.3 Å². The van der Waals surface area contributed by atoms with Crippen molar-refractivity contribution in [1.29, 1.82) is 0 Å². The van der Waals surface area contributed by atoms with Crippen LogP contribution < -0.4 is 24.8 Å². The molecule has 0 spiro atoms. The average Bonchev–Trinajstić information content (AvgIpc) is 2.67. The number of fused-ring (bicyclic) bond motifs is 1. The van der Waals surface area contributed by atoms with Crippen molar-refractivity contribution in [3.8, 4) is 17.2 Å². The molecule has 2 N–H and O–H groups in total. The second-order valence-electron chi connectivity index (χ2n) is 6.32. The lowest BCUT2D eigenvalue weighted by molar-refractivity contribution is 0.221. The quantitative estimate of drug-likeness (QED) is 0.659. The third kappa shape index (κ3) is 5.02. The van der Waals surface area contributed by atoms with Crippen LogP contribution in [0.3, 0.4) is 0 Å². The number of halogens is 2. The van der Waals surface area contributed by atoms with Gasteiger partial charge in [0.2, 0.25) is 0 Å². The fourth-order valence-corrected chi connectivity index (χ4v) is 3.55. The van der Waals surface area contributed by atoms with Gasteiger partial charge in [-0.15, -0.1) is 12.4 Å². The molecule has 0 saturated heterocycles. The van der Waals surface area contributed by atoms with E-state index in [2.05, 4.69) is 26.6 Å². The van der Waals surface area contributed by atoms with Gasteiger partial charge in [0.15, 0.2) is 0 Å². The molecule has 2 atom stereocenters. The highest BCUT2D eigenvalue weighted by atomic mass is 79.9. The molecule has 0 bridgehead atoms. The average molecular weight is 472 g/mol. The summed E-state index contributed by atoms with van der Waals surface area (Å²) in [7, 11) is 3.21. The zero-order valence-electron chi connectivity index (χ0n) is 16.0. The van der Waals surface area contributed by atoms with Crippen molar-refractivity contribution in [3.63, 3.8) is 0 Å². The van der Waals surface area contributed by atoms with E-state index in [0.717, 1.165) is 21.3 Å². The van der Waals surface area contributed by atoms with Crippen molar-refractivity contribution < 1.29 is 19.0 Å². The monoisotopic (exact) mass is 470 g/mol. The van der Waals surface area contributed by atoms with Crippen LogP contribution in [0.25, 0.3) is 0 Å². The molecule has 0 aliphatic carbocycles. The maximum absolute atomic E-state index is 12.6. The molecule has 2 aromatic rings. The van der Waals surface area contributed by atoms with E-state index in [9.17, 15) is 4.79 Å². The number of methoxy groups -OCH3 is 2. The highest BCUT2D eigenvalue weighted by molar-refractivity contribution is 9.10. The van der Waals surface area contributed by atoms with Crippen molar-refractivity contribution in [2.45, 2.75) is 25.4 Å². The topological polar surface area (TPSA) is 68.8 Å². The fourth-order valence-electron chi connectivity index (χ4n) is 3.17. The Hall–Kier alpha value is -2.12. The van der Waals surface area contributed by atoms with Gasteiger partial charge in [-0.25, -0.2) is 4.79 Å². The minimum absolute atomic E-state index is 0. The summed E-state index contributed by atoms with van der Waals surface area (Å²) in [6.45, 7) is 2.48. The zero-order chi connectivity index (χ0) is 19.4. The molecule has 1 heterocycles. The minimum atomic E-state index is -0.253. The molecule has 8 heteroatoms. The first kappa shape index (κ1) is 22.2. The molecular weight excluding hydrogens is 448 g/mol. The highest BCUT2D eigenvalue weighted by Crippen LogP contribution is 2.34. The summed E-state index contributed by atoms with van der Waals surface area (Å²) in [6, 6.07) is 10.7. The first-order valence-corrected chi connectivity index (χ1v) is 9.52. The van der Waals surface area contributed by atoms with Gasteiger partial charge in [-0.2, -0.15) is 0 Å². The molecule has 0 radical (unpaired) electrons. The number of nitrogens with one attached hydrogen (secondary N) is 2. The van der Waals surface area contributed by atoms with E-state index >= 15 is 0 Å². The summed E-state index contributed by atoms with van der Waals surface area (Å²) in [4.78, 5) is 12.6. The summed E-state index contributed by atoms with van der Waals surface area (Å²) >= 11 is 3.47. The molecule has 3 rings (SSSR count). The molecule has 152 valence electrons. The van der Waals surface area contributed by atoms with Crippen LogP contribution in [0.15, 0.2) is 40.9 Å². The lowest BCUT2D eigenvalue weighted by Gasteiger charge is -2.28. The molecule has 0 saturated carbocycles. The van der Waals surface area contributed by atoms with E-state index in [4.69, 9.17) is 14.2 Å². The number of amides is 2.